The SMILES string of the molecule is CCOC(=O)C1CCC2(CC1)CC(N1CCC(c3cnc(N4C5CCC4CN(c4cc(-c6ccccc6O)nnc4N)C5)nc3)CC1)C2. The quantitative estimate of drug-likeness (QED) is 0.328. The largest absolute Gasteiger partial charge is 0.507 e. The average Bonchev–Trinajstić information content (AvgIpc) is 3.36. The van der Waals surface area contributed by atoms with Gasteiger partial charge in [0.2, 0.25) is 5.95 Å². The first-order chi connectivity index (χ1) is 23.4. The molecule has 5 aliphatic rings. The predicted octanol–water partition coefficient (Wildman–Crippen LogP) is 5.16. The Balaban J connectivity index is 0.848. The fourth-order valence-electron chi connectivity index (χ4n) is 9.50. The zero-order chi connectivity index (χ0) is 32.8. The normalized spacial score (nSPS) is 29.2. The standard InChI is InChI=1S/C37H48N8O3/c1-2-48-35(47)25-9-13-37(14-10-25)18-29(19-37)43-15-11-24(12-16-43)26-20-39-36(40-21-26)45-27-7-8-28(45)23-44(22-27)32-17-31(41-42-34(32)38)30-5-3-4-6-33(30)46/h3-6,17,20-21,24-25,27-29,46H,2,7-16,18-19,22-23H2,1H3,(H2,38,42). The minimum absolute atomic E-state index is 0.0163. The van der Waals surface area contributed by atoms with Gasteiger partial charge in [-0.3, -0.25) is 4.79 Å². The summed E-state index contributed by atoms with van der Waals surface area (Å²) in [7, 11) is 0. The van der Waals surface area contributed by atoms with Crippen LogP contribution < -0.4 is 15.5 Å². The van der Waals surface area contributed by atoms with Gasteiger partial charge < -0.3 is 30.3 Å². The van der Waals surface area contributed by atoms with E-state index in [2.05, 4.69) is 37.3 Å². The van der Waals surface area contributed by atoms with E-state index in [0.717, 1.165) is 76.3 Å². The highest BCUT2D eigenvalue weighted by Gasteiger charge is 2.49. The summed E-state index contributed by atoms with van der Waals surface area (Å²) < 4.78 is 5.28. The van der Waals surface area contributed by atoms with Crippen LogP contribution in [-0.4, -0.2) is 87.1 Å². The van der Waals surface area contributed by atoms with E-state index in [0.29, 0.717) is 53.1 Å². The van der Waals surface area contributed by atoms with Gasteiger partial charge in [-0.2, -0.15) is 0 Å². The molecule has 3 saturated heterocycles. The van der Waals surface area contributed by atoms with E-state index in [1.807, 2.05) is 25.1 Å². The average molecular weight is 653 g/mol. The molecular weight excluding hydrogens is 604 g/mol. The summed E-state index contributed by atoms with van der Waals surface area (Å²) in [4.78, 5) is 29.5. The van der Waals surface area contributed by atoms with Gasteiger partial charge in [-0.05, 0) is 119 Å². The molecule has 3 N–H and O–H groups in total. The van der Waals surface area contributed by atoms with Gasteiger partial charge in [-0.25, -0.2) is 9.97 Å². The highest BCUT2D eigenvalue weighted by atomic mass is 16.5. The van der Waals surface area contributed by atoms with E-state index in [1.54, 1.807) is 12.1 Å². The van der Waals surface area contributed by atoms with Gasteiger partial charge in [0.15, 0.2) is 5.82 Å². The van der Waals surface area contributed by atoms with Crippen LogP contribution in [0.3, 0.4) is 0 Å². The number of carbonyl (C=O) groups is 1. The van der Waals surface area contributed by atoms with Crippen LogP contribution in [-0.2, 0) is 9.53 Å². The van der Waals surface area contributed by atoms with E-state index >= 15 is 0 Å². The number of nitrogens with zero attached hydrogens (tertiary/aromatic N) is 7. The molecule has 8 rings (SSSR count). The number of rotatable bonds is 7. The number of anilines is 3. The molecule has 2 unspecified atom stereocenters. The molecule has 5 fully saturated rings. The van der Waals surface area contributed by atoms with Gasteiger partial charge in [-0.1, -0.05) is 12.1 Å². The second-order valence-corrected chi connectivity index (χ2v) is 14.9. The number of phenols is 1. The van der Waals surface area contributed by atoms with Gasteiger partial charge in [0.25, 0.3) is 0 Å². The van der Waals surface area contributed by atoms with Gasteiger partial charge in [0.1, 0.15) is 5.75 Å². The zero-order valence-electron chi connectivity index (χ0n) is 28.0. The first-order valence-electron chi connectivity index (χ1n) is 18.1. The molecule has 11 heteroatoms. The Morgan fingerprint density at radius 1 is 0.958 bits per heavy atom. The number of likely N-dealkylation sites (tertiary alicyclic amines) is 1. The molecule has 2 aromatic heterocycles. The second-order valence-electron chi connectivity index (χ2n) is 14.9. The third-order valence-corrected chi connectivity index (χ3v) is 12.2. The van der Waals surface area contributed by atoms with Crippen LogP contribution in [0.4, 0.5) is 17.5 Å². The number of ether oxygens (including phenoxy) is 1. The number of aromatic hydroxyl groups is 1. The molecule has 2 saturated carbocycles. The van der Waals surface area contributed by atoms with Gasteiger partial charge in [-0.15, -0.1) is 10.2 Å². The number of phenolic OH excluding ortho intramolecular Hbond substituents is 1. The van der Waals surface area contributed by atoms with Crippen molar-refractivity contribution in [3.05, 3.63) is 48.3 Å². The maximum Gasteiger partial charge on any atom is 0.308 e. The molecule has 254 valence electrons. The number of benzene rings is 1. The number of hydrogen-bond donors (Lipinski definition) is 2. The Morgan fingerprint density at radius 3 is 2.31 bits per heavy atom. The lowest BCUT2D eigenvalue weighted by Gasteiger charge is -2.55. The molecule has 3 aliphatic heterocycles. The number of esters is 1. The van der Waals surface area contributed by atoms with Crippen LogP contribution in [0.15, 0.2) is 42.7 Å². The Hall–Kier alpha value is -3.99. The number of nitrogens with two attached hydrogens (primary N) is 1. The first-order valence-corrected chi connectivity index (χ1v) is 18.1. The minimum atomic E-state index is 0.0163. The molecule has 2 aliphatic carbocycles. The van der Waals surface area contributed by atoms with Crippen LogP contribution in [0.5, 0.6) is 5.75 Å². The third-order valence-electron chi connectivity index (χ3n) is 12.2. The number of carbonyl (C=O) groups excluding carboxylic acids is 1. The molecule has 48 heavy (non-hydrogen) atoms. The summed E-state index contributed by atoms with van der Waals surface area (Å²) in [6.45, 7) is 6.29. The van der Waals surface area contributed by atoms with E-state index in [4.69, 9.17) is 20.4 Å². The monoisotopic (exact) mass is 652 g/mol. The highest BCUT2D eigenvalue weighted by Crippen LogP contribution is 2.55. The molecule has 2 atom stereocenters. The van der Waals surface area contributed by atoms with Crippen molar-refractivity contribution >= 4 is 23.4 Å². The number of para-hydroxylation sites is 1. The lowest BCUT2D eigenvalue weighted by atomic mass is 9.56. The van der Waals surface area contributed by atoms with Crippen molar-refractivity contribution < 1.29 is 14.6 Å². The van der Waals surface area contributed by atoms with Crippen molar-refractivity contribution in [2.75, 3.05) is 48.3 Å². The van der Waals surface area contributed by atoms with Crippen LogP contribution in [0.2, 0.25) is 0 Å². The Labute approximate surface area is 282 Å². The van der Waals surface area contributed by atoms with Crippen LogP contribution in [0.1, 0.15) is 82.6 Å². The Morgan fingerprint density at radius 2 is 1.65 bits per heavy atom. The molecule has 2 bridgehead atoms. The fraction of sp³-hybridized carbons (Fsp3) is 0.595. The topological polar surface area (TPSA) is 134 Å². The van der Waals surface area contributed by atoms with Gasteiger partial charge in [0.05, 0.1) is 23.9 Å². The molecule has 1 aromatic carbocycles. The number of piperazine rings is 1. The van der Waals surface area contributed by atoms with E-state index in [1.165, 1.54) is 31.2 Å². The molecule has 3 aromatic rings. The fourth-order valence-corrected chi connectivity index (χ4v) is 9.50. The van der Waals surface area contributed by atoms with E-state index in [-0.39, 0.29) is 17.6 Å². The van der Waals surface area contributed by atoms with Crippen molar-refractivity contribution in [2.45, 2.75) is 95.2 Å². The molecular formula is C37H48N8O3. The second kappa shape index (κ2) is 12.8. The lowest BCUT2D eigenvalue weighted by molar-refractivity contribution is -0.151. The van der Waals surface area contributed by atoms with Gasteiger partial charge in [0, 0.05) is 49.2 Å². The molecule has 0 amide bonds. The first kappa shape index (κ1) is 31.3. The molecule has 11 nitrogen and oxygen atoms in total. The maximum atomic E-state index is 12.2. The molecule has 0 radical (unpaired) electrons. The van der Waals surface area contributed by atoms with Crippen molar-refractivity contribution in [3.8, 4) is 17.0 Å². The van der Waals surface area contributed by atoms with E-state index < -0.39 is 0 Å². The van der Waals surface area contributed by atoms with Gasteiger partial charge >= 0.3 is 5.97 Å². The number of hydrogen-bond acceptors (Lipinski definition) is 11. The molecule has 5 heterocycles. The molecule has 1 spiro atoms. The Bertz CT molecular complexity index is 1600. The summed E-state index contributed by atoms with van der Waals surface area (Å²) in [6, 6.07) is 10.4. The van der Waals surface area contributed by atoms with Crippen molar-refractivity contribution in [1.82, 2.24) is 25.1 Å². The summed E-state index contributed by atoms with van der Waals surface area (Å²) in [6.07, 6.45) is 15.6. The van der Waals surface area contributed by atoms with Crippen LogP contribution in [0.25, 0.3) is 11.3 Å². The number of aromatic nitrogens is 4. The van der Waals surface area contributed by atoms with E-state index in [9.17, 15) is 9.90 Å². The third kappa shape index (κ3) is 5.84. The Kier molecular flexibility index (Phi) is 8.34. The lowest BCUT2D eigenvalue weighted by Crippen LogP contribution is -2.54. The zero-order valence-corrected chi connectivity index (χ0v) is 28.0. The number of piperidine rings is 1. The number of fused-ring (bicyclic) bond motifs is 2. The maximum absolute atomic E-state index is 12.2. The summed E-state index contributed by atoms with van der Waals surface area (Å²) in [5, 5.41) is 18.9. The van der Waals surface area contributed by atoms with Crippen LogP contribution in [0, 0.1) is 11.3 Å². The van der Waals surface area contributed by atoms with Crippen molar-refractivity contribution in [2.24, 2.45) is 11.3 Å². The van der Waals surface area contributed by atoms with Crippen molar-refractivity contribution in [3.63, 3.8) is 0 Å². The number of nitrogen functional groups attached to an aromatic ring is 1. The van der Waals surface area contributed by atoms with Crippen molar-refractivity contribution in [1.29, 1.82) is 0 Å². The summed E-state index contributed by atoms with van der Waals surface area (Å²) in [5.41, 5.74) is 10.2. The highest BCUT2D eigenvalue weighted by molar-refractivity contribution is 5.74. The predicted molar refractivity (Wildman–Crippen MR) is 185 cm³/mol. The summed E-state index contributed by atoms with van der Waals surface area (Å²) in [5.74, 6) is 2.06. The van der Waals surface area contributed by atoms with Crippen LogP contribution >= 0.6 is 0 Å². The smallest absolute Gasteiger partial charge is 0.308 e. The minimum Gasteiger partial charge on any atom is -0.507 e. The summed E-state index contributed by atoms with van der Waals surface area (Å²) >= 11 is 0.